The van der Waals surface area contributed by atoms with Gasteiger partial charge in [-0.05, 0) is 36.8 Å². The van der Waals surface area contributed by atoms with E-state index in [1.165, 1.54) is 16.7 Å². The number of aromatic carboxylic acids is 1. The maximum atomic E-state index is 12.0. The number of carbonyl (C=O) groups is 1. The predicted molar refractivity (Wildman–Crippen MR) is 73.4 cm³/mol. The minimum absolute atomic E-state index is 0.128. The normalized spacial score (nSPS) is 10.8. The highest BCUT2D eigenvalue weighted by Crippen LogP contribution is 2.16. The van der Waals surface area contributed by atoms with Crippen molar-refractivity contribution < 1.29 is 9.90 Å². The molecule has 6 nitrogen and oxygen atoms in total. The summed E-state index contributed by atoms with van der Waals surface area (Å²) in [5.74, 6) is -0.538. The smallest absolute Gasteiger partial charge is 0.335 e. The van der Waals surface area contributed by atoms with Crippen molar-refractivity contribution in [1.29, 1.82) is 0 Å². The molecule has 0 saturated carbocycles. The molecular weight excluding hydrogens is 258 g/mol. The third-order valence-electron chi connectivity index (χ3n) is 3.05. The van der Waals surface area contributed by atoms with Crippen LogP contribution in [0, 0.1) is 6.92 Å². The number of aromatic amines is 1. The Morgan fingerprint density at radius 2 is 2.10 bits per heavy atom. The van der Waals surface area contributed by atoms with Crippen molar-refractivity contribution in [3.8, 4) is 5.82 Å². The first kappa shape index (κ1) is 12.2. The molecule has 100 valence electrons. The van der Waals surface area contributed by atoms with Crippen LogP contribution in [0.5, 0.6) is 0 Å². The van der Waals surface area contributed by atoms with Gasteiger partial charge in [0.1, 0.15) is 5.82 Å². The molecule has 0 aliphatic heterocycles. The molecule has 0 bridgehead atoms. The van der Waals surface area contributed by atoms with Crippen molar-refractivity contribution in [2.75, 3.05) is 0 Å². The Labute approximate surface area is 113 Å². The van der Waals surface area contributed by atoms with Gasteiger partial charge >= 0.3 is 11.7 Å². The fraction of sp³-hybridized carbons (Fsp3) is 0.0714. The number of nitrogens with one attached hydrogen (secondary N) is 1. The van der Waals surface area contributed by atoms with Crippen molar-refractivity contribution in [2.45, 2.75) is 6.92 Å². The van der Waals surface area contributed by atoms with Crippen molar-refractivity contribution >= 4 is 17.0 Å². The number of imidazole rings is 1. The van der Waals surface area contributed by atoms with Gasteiger partial charge in [-0.2, -0.15) is 0 Å². The lowest BCUT2D eigenvalue weighted by molar-refractivity contribution is 0.0697. The molecule has 2 aromatic heterocycles. The van der Waals surface area contributed by atoms with Crippen LogP contribution in [0.15, 0.2) is 41.3 Å². The number of hydrogen-bond acceptors (Lipinski definition) is 3. The maximum Gasteiger partial charge on any atom is 0.335 e. The first-order valence-electron chi connectivity index (χ1n) is 5.97. The van der Waals surface area contributed by atoms with Crippen LogP contribution in [0.4, 0.5) is 0 Å². The third kappa shape index (κ3) is 1.87. The van der Waals surface area contributed by atoms with Crippen LogP contribution in [0.1, 0.15) is 15.9 Å². The molecule has 0 saturated heterocycles. The van der Waals surface area contributed by atoms with Gasteiger partial charge < -0.3 is 10.1 Å². The Kier molecular flexibility index (Phi) is 2.64. The highest BCUT2D eigenvalue weighted by Gasteiger charge is 2.12. The van der Waals surface area contributed by atoms with Crippen LogP contribution in [0.3, 0.4) is 0 Å². The monoisotopic (exact) mass is 269 g/mol. The highest BCUT2D eigenvalue weighted by molar-refractivity contribution is 5.92. The molecule has 0 amide bonds. The number of nitrogens with zero attached hydrogens (tertiary/aromatic N) is 2. The van der Waals surface area contributed by atoms with Crippen LogP contribution < -0.4 is 5.69 Å². The Morgan fingerprint density at radius 1 is 1.30 bits per heavy atom. The van der Waals surface area contributed by atoms with Gasteiger partial charge in [0.15, 0.2) is 0 Å². The standard InChI is InChI=1S/C14H11N3O3/c1-8-2-5-12(15-7-8)17-11-4-3-9(13(18)19)6-10(11)16-14(17)20/h2-7H,1H3,(H,16,20)(H,18,19). The predicted octanol–water partition coefficient (Wildman–Crippen LogP) is 1.72. The fourth-order valence-electron chi connectivity index (χ4n) is 2.06. The number of aromatic nitrogens is 3. The number of pyridine rings is 1. The summed E-state index contributed by atoms with van der Waals surface area (Å²) in [6.45, 7) is 1.91. The lowest BCUT2D eigenvalue weighted by Crippen LogP contribution is -2.15. The second kappa shape index (κ2) is 4.34. The molecule has 0 unspecified atom stereocenters. The summed E-state index contributed by atoms with van der Waals surface area (Å²) in [6.07, 6.45) is 1.67. The van der Waals surface area contributed by atoms with Gasteiger partial charge in [-0.1, -0.05) is 6.07 Å². The molecule has 0 aliphatic carbocycles. The van der Waals surface area contributed by atoms with Gasteiger partial charge in [0.25, 0.3) is 0 Å². The van der Waals surface area contributed by atoms with Crippen LogP contribution in [0.2, 0.25) is 0 Å². The van der Waals surface area contributed by atoms with E-state index in [0.29, 0.717) is 16.9 Å². The minimum Gasteiger partial charge on any atom is -0.478 e. The molecule has 6 heteroatoms. The van der Waals surface area contributed by atoms with E-state index in [0.717, 1.165) is 5.56 Å². The maximum absolute atomic E-state index is 12.0. The van der Waals surface area contributed by atoms with Gasteiger partial charge in [-0.15, -0.1) is 0 Å². The van der Waals surface area contributed by atoms with Crippen LogP contribution in [-0.4, -0.2) is 25.6 Å². The molecule has 0 radical (unpaired) electrons. The molecule has 0 fully saturated rings. The number of aryl methyl sites for hydroxylation is 1. The number of carboxylic acid groups (broad SMARTS) is 1. The summed E-state index contributed by atoms with van der Waals surface area (Å²) in [5, 5.41) is 8.96. The molecule has 3 rings (SSSR count). The van der Waals surface area contributed by atoms with Gasteiger partial charge in [0, 0.05) is 6.20 Å². The SMILES string of the molecule is Cc1ccc(-n2c(=O)[nH]c3cc(C(=O)O)ccc32)nc1. The topological polar surface area (TPSA) is 88.0 Å². The molecule has 3 aromatic rings. The molecule has 0 aliphatic rings. The fourth-order valence-corrected chi connectivity index (χ4v) is 2.06. The van der Waals surface area contributed by atoms with Crippen molar-refractivity contribution in [3.05, 3.63) is 58.1 Å². The number of benzene rings is 1. The quantitative estimate of drug-likeness (QED) is 0.741. The van der Waals surface area contributed by atoms with E-state index in [9.17, 15) is 9.59 Å². The average Bonchev–Trinajstić information content (AvgIpc) is 2.74. The van der Waals surface area contributed by atoms with Crippen LogP contribution >= 0.6 is 0 Å². The summed E-state index contributed by atoms with van der Waals surface area (Å²) in [5.41, 5.74) is 1.84. The first-order valence-corrected chi connectivity index (χ1v) is 5.97. The second-order valence-corrected chi connectivity index (χ2v) is 4.50. The summed E-state index contributed by atoms with van der Waals surface area (Å²) in [4.78, 5) is 29.8. The number of H-pyrrole nitrogens is 1. The van der Waals surface area contributed by atoms with E-state index in [1.807, 2.05) is 13.0 Å². The van der Waals surface area contributed by atoms with Gasteiger partial charge in [-0.25, -0.2) is 19.1 Å². The molecular formula is C14H11N3O3. The van der Waals surface area contributed by atoms with Crippen LogP contribution in [-0.2, 0) is 0 Å². The van der Waals surface area contributed by atoms with Crippen LogP contribution in [0.25, 0.3) is 16.9 Å². The van der Waals surface area contributed by atoms with Gasteiger partial charge in [0.05, 0.1) is 16.6 Å². The van der Waals surface area contributed by atoms with Crippen molar-refractivity contribution in [1.82, 2.24) is 14.5 Å². The van der Waals surface area contributed by atoms with Crippen molar-refractivity contribution in [3.63, 3.8) is 0 Å². The molecule has 0 atom stereocenters. The Morgan fingerprint density at radius 3 is 2.75 bits per heavy atom. The number of carboxylic acids is 1. The third-order valence-corrected chi connectivity index (χ3v) is 3.05. The lowest BCUT2D eigenvalue weighted by atomic mass is 10.2. The van der Waals surface area contributed by atoms with E-state index < -0.39 is 5.97 Å². The molecule has 0 spiro atoms. The molecule has 1 aromatic carbocycles. The highest BCUT2D eigenvalue weighted by atomic mass is 16.4. The number of fused-ring (bicyclic) bond motifs is 1. The Bertz CT molecular complexity index is 859. The van der Waals surface area contributed by atoms with E-state index in [2.05, 4.69) is 9.97 Å². The molecule has 2 heterocycles. The lowest BCUT2D eigenvalue weighted by Gasteiger charge is -2.02. The molecule has 20 heavy (non-hydrogen) atoms. The zero-order chi connectivity index (χ0) is 14.3. The Balaban J connectivity index is 2.26. The zero-order valence-corrected chi connectivity index (χ0v) is 10.6. The summed E-state index contributed by atoms with van der Waals surface area (Å²) in [7, 11) is 0. The average molecular weight is 269 g/mol. The van der Waals surface area contributed by atoms with E-state index in [4.69, 9.17) is 5.11 Å². The van der Waals surface area contributed by atoms with E-state index >= 15 is 0 Å². The van der Waals surface area contributed by atoms with Gasteiger partial charge in [-0.3, -0.25) is 0 Å². The zero-order valence-electron chi connectivity index (χ0n) is 10.6. The first-order chi connectivity index (χ1) is 9.56. The minimum atomic E-state index is -1.03. The Hall–Kier alpha value is -2.89. The number of hydrogen-bond donors (Lipinski definition) is 2. The molecule has 2 N–H and O–H groups in total. The van der Waals surface area contributed by atoms with E-state index in [-0.39, 0.29) is 11.3 Å². The van der Waals surface area contributed by atoms with Gasteiger partial charge in [0.2, 0.25) is 0 Å². The summed E-state index contributed by atoms with van der Waals surface area (Å²) < 4.78 is 1.42. The van der Waals surface area contributed by atoms with Crippen molar-refractivity contribution in [2.24, 2.45) is 0 Å². The number of rotatable bonds is 2. The largest absolute Gasteiger partial charge is 0.478 e. The summed E-state index contributed by atoms with van der Waals surface area (Å²) in [6, 6.07) is 8.10. The van der Waals surface area contributed by atoms with E-state index in [1.54, 1.807) is 18.3 Å². The summed E-state index contributed by atoms with van der Waals surface area (Å²) >= 11 is 0. The second-order valence-electron chi connectivity index (χ2n) is 4.50.